The summed E-state index contributed by atoms with van der Waals surface area (Å²) in [5, 5.41) is 19.6. The molecular formula is C13H18O4. The largest absolute Gasteiger partial charge is 0.504 e. The van der Waals surface area contributed by atoms with Crippen molar-refractivity contribution in [3.8, 4) is 17.2 Å². The molecule has 0 spiro atoms. The van der Waals surface area contributed by atoms with Crippen molar-refractivity contribution in [2.24, 2.45) is 0 Å². The van der Waals surface area contributed by atoms with Crippen LogP contribution < -0.4 is 9.47 Å². The van der Waals surface area contributed by atoms with Crippen molar-refractivity contribution < 1.29 is 19.7 Å². The number of aliphatic hydroxyl groups is 1. The van der Waals surface area contributed by atoms with Crippen molar-refractivity contribution in [3.63, 3.8) is 0 Å². The number of benzene rings is 1. The van der Waals surface area contributed by atoms with Gasteiger partial charge < -0.3 is 19.7 Å². The first-order valence-electron chi connectivity index (χ1n) is 5.79. The lowest BCUT2D eigenvalue weighted by molar-refractivity contribution is 0.213. The Bertz CT molecular complexity index is 412. The molecule has 0 saturated heterocycles. The second-order valence-electron chi connectivity index (χ2n) is 4.88. The highest BCUT2D eigenvalue weighted by molar-refractivity contribution is 5.57. The molecule has 0 radical (unpaired) electrons. The molecule has 17 heavy (non-hydrogen) atoms. The maximum absolute atomic E-state index is 10.2. The van der Waals surface area contributed by atoms with E-state index >= 15 is 0 Å². The zero-order chi connectivity index (χ0) is 12.5. The molecule has 4 heteroatoms. The molecule has 1 aromatic carbocycles. The topological polar surface area (TPSA) is 58.9 Å². The molecule has 0 atom stereocenters. The highest BCUT2D eigenvalue weighted by Gasteiger charge is 2.27. The Hall–Kier alpha value is -1.42. The zero-order valence-electron chi connectivity index (χ0n) is 10.2. The molecule has 1 aliphatic heterocycles. The fourth-order valence-corrected chi connectivity index (χ4v) is 1.85. The third kappa shape index (κ3) is 2.17. The lowest BCUT2D eigenvalue weighted by atomic mass is 9.84. The minimum atomic E-state index is -0.505. The van der Waals surface area contributed by atoms with E-state index in [4.69, 9.17) is 9.47 Å². The van der Waals surface area contributed by atoms with Gasteiger partial charge in [0.15, 0.2) is 11.5 Å². The van der Waals surface area contributed by atoms with Gasteiger partial charge in [-0.3, -0.25) is 0 Å². The van der Waals surface area contributed by atoms with Gasteiger partial charge in [0.25, 0.3) is 0 Å². The van der Waals surface area contributed by atoms with Crippen LogP contribution in [0.2, 0.25) is 0 Å². The summed E-state index contributed by atoms with van der Waals surface area (Å²) in [5.41, 5.74) is 0.165. The highest BCUT2D eigenvalue weighted by atomic mass is 16.5. The first-order valence-corrected chi connectivity index (χ1v) is 5.79. The van der Waals surface area contributed by atoms with Crippen LogP contribution in [0.4, 0.5) is 0 Å². The minimum Gasteiger partial charge on any atom is -0.504 e. The van der Waals surface area contributed by atoms with Gasteiger partial charge in [0.1, 0.15) is 0 Å². The first-order chi connectivity index (χ1) is 8.06. The van der Waals surface area contributed by atoms with E-state index in [0.717, 1.165) is 6.42 Å². The number of fused-ring (bicyclic) bond motifs is 1. The summed E-state index contributed by atoms with van der Waals surface area (Å²) >= 11 is 0. The van der Waals surface area contributed by atoms with E-state index < -0.39 is 5.41 Å². The van der Waals surface area contributed by atoms with E-state index in [9.17, 15) is 10.2 Å². The number of phenols is 1. The van der Waals surface area contributed by atoms with Gasteiger partial charge in [0.05, 0.1) is 19.8 Å². The third-order valence-electron chi connectivity index (χ3n) is 3.01. The molecule has 1 aliphatic rings. The van der Waals surface area contributed by atoms with E-state index in [0.29, 0.717) is 30.3 Å². The van der Waals surface area contributed by atoms with Crippen LogP contribution in [0.5, 0.6) is 17.2 Å². The number of aliphatic hydroxyl groups excluding tert-OH is 1. The Kier molecular flexibility index (Phi) is 3.15. The summed E-state index contributed by atoms with van der Waals surface area (Å²) < 4.78 is 11.0. The quantitative estimate of drug-likeness (QED) is 0.825. The van der Waals surface area contributed by atoms with E-state index in [1.165, 1.54) is 0 Å². The monoisotopic (exact) mass is 238 g/mol. The molecule has 2 rings (SSSR count). The number of aromatic hydroxyl groups is 1. The van der Waals surface area contributed by atoms with Gasteiger partial charge in [-0.25, -0.2) is 0 Å². The predicted molar refractivity (Wildman–Crippen MR) is 63.8 cm³/mol. The molecule has 0 fully saturated rings. The van der Waals surface area contributed by atoms with Crippen LogP contribution in [0.1, 0.15) is 25.8 Å². The van der Waals surface area contributed by atoms with Crippen molar-refractivity contribution >= 4 is 0 Å². The van der Waals surface area contributed by atoms with Crippen molar-refractivity contribution in [1.29, 1.82) is 0 Å². The van der Waals surface area contributed by atoms with Crippen molar-refractivity contribution in [1.82, 2.24) is 0 Å². The van der Waals surface area contributed by atoms with Gasteiger partial charge in [0.2, 0.25) is 5.75 Å². The van der Waals surface area contributed by atoms with Gasteiger partial charge in [-0.1, -0.05) is 19.9 Å². The lowest BCUT2D eigenvalue weighted by Gasteiger charge is -2.24. The average molecular weight is 238 g/mol. The predicted octanol–water partition coefficient (Wildman–Crippen LogP) is 1.82. The van der Waals surface area contributed by atoms with Crippen LogP contribution in [-0.2, 0) is 5.41 Å². The van der Waals surface area contributed by atoms with Gasteiger partial charge in [-0.15, -0.1) is 0 Å². The summed E-state index contributed by atoms with van der Waals surface area (Å²) in [4.78, 5) is 0. The maximum atomic E-state index is 10.2. The summed E-state index contributed by atoms with van der Waals surface area (Å²) in [7, 11) is 0. The minimum absolute atomic E-state index is 0.0415. The van der Waals surface area contributed by atoms with Crippen molar-refractivity contribution in [2.45, 2.75) is 25.7 Å². The van der Waals surface area contributed by atoms with Gasteiger partial charge in [0, 0.05) is 17.4 Å². The number of ether oxygens (including phenoxy) is 2. The Morgan fingerprint density at radius 1 is 1.24 bits per heavy atom. The SMILES string of the molecule is CC(C)(CO)c1ccc2c(c1O)OCCCO2. The van der Waals surface area contributed by atoms with Crippen molar-refractivity contribution in [2.75, 3.05) is 19.8 Å². The molecule has 0 saturated carbocycles. The molecule has 2 N–H and O–H groups in total. The Balaban J connectivity index is 2.48. The smallest absolute Gasteiger partial charge is 0.203 e. The summed E-state index contributed by atoms with van der Waals surface area (Å²) in [6.07, 6.45) is 0.798. The Morgan fingerprint density at radius 3 is 2.65 bits per heavy atom. The van der Waals surface area contributed by atoms with E-state index in [2.05, 4.69) is 0 Å². The Morgan fingerprint density at radius 2 is 1.94 bits per heavy atom. The molecule has 1 aromatic rings. The molecule has 4 nitrogen and oxygen atoms in total. The molecule has 0 amide bonds. The molecule has 0 bridgehead atoms. The van der Waals surface area contributed by atoms with Crippen LogP contribution in [0.15, 0.2) is 12.1 Å². The summed E-state index contributed by atoms with van der Waals surface area (Å²) in [6, 6.07) is 3.56. The number of phenolic OH excluding ortho intramolecular Hbond substituents is 1. The Labute approximate surface area is 101 Å². The first kappa shape index (κ1) is 12.0. The van der Waals surface area contributed by atoms with Crippen LogP contribution in [0.25, 0.3) is 0 Å². The number of hydrogen-bond donors (Lipinski definition) is 2. The summed E-state index contributed by atoms with van der Waals surface area (Å²) in [6.45, 7) is 4.82. The average Bonchev–Trinajstić information content (AvgIpc) is 2.55. The van der Waals surface area contributed by atoms with Crippen LogP contribution >= 0.6 is 0 Å². The van der Waals surface area contributed by atoms with Crippen LogP contribution in [0.3, 0.4) is 0 Å². The standard InChI is InChI=1S/C13H18O4/c1-13(2,8-14)9-4-5-10-12(11(9)15)17-7-3-6-16-10/h4-5,14-15H,3,6-8H2,1-2H3. The lowest BCUT2D eigenvalue weighted by Crippen LogP contribution is -2.22. The summed E-state index contributed by atoms with van der Waals surface area (Å²) in [5.74, 6) is 1.03. The maximum Gasteiger partial charge on any atom is 0.203 e. The molecule has 0 unspecified atom stereocenters. The molecular weight excluding hydrogens is 220 g/mol. The van der Waals surface area contributed by atoms with Gasteiger partial charge >= 0.3 is 0 Å². The van der Waals surface area contributed by atoms with E-state index in [1.807, 2.05) is 13.8 Å². The highest BCUT2D eigenvalue weighted by Crippen LogP contribution is 2.44. The fourth-order valence-electron chi connectivity index (χ4n) is 1.85. The van der Waals surface area contributed by atoms with Gasteiger partial charge in [-0.05, 0) is 6.07 Å². The molecule has 1 heterocycles. The van der Waals surface area contributed by atoms with Gasteiger partial charge in [-0.2, -0.15) is 0 Å². The number of hydrogen-bond acceptors (Lipinski definition) is 4. The fraction of sp³-hybridized carbons (Fsp3) is 0.538. The molecule has 0 aliphatic carbocycles. The third-order valence-corrected chi connectivity index (χ3v) is 3.01. The van der Waals surface area contributed by atoms with Crippen LogP contribution in [-0.4, -0.2) is 30.0 Å². The molecule has 94 valence electrons. The zero-order valence-corrected chi connectivity index (χ0v) is 10.2. The molecule has 0 aromatic heterocycles. The normalized spacial score (nSPS) is 15.5. The van der Waals surface area contributed by atoms with E-state index in [-0.39, 0.29) is 12.4 Å². The van der Waals surface area contributed by atoms with Crippen LogP contribution in [0, 0.1) is 0 Å². The second kappa shape index (κ2) is 4.45. The van der Waals surface area contributed by atoms with Crippen molar-refractivity contribution in [3.05, 3.63) is 17.7 Å². The second-order valence-corrected chi connectivity index (χ2v) is 4.88. The van der Waals surface area contributed by atoms with E-state index in [1.54, 1.807) is 12.1 Å². The number of rotatable bonds is 2.